The Labute approximate surface area is 196 Å². The van der Waals surface area contributed by atoms with Crippen LogP contribution >= 0.6 is 0 Å². The minimum atomic E-state index is -0.555. The zero-order chi connectivity index (χ0) is 24.4. The predicted molar refractivity (Wildman–Crippen MR) is 129 cm³/mol. The van der Waals surface area contributed by atoms with Crippen LogP contribution in [0, 0.1) is 32.0 Å². The Morgan fingerprint density at radius 3 is 2.47 bits per heavy atom. The number of carbonyl (C=O) groups excluding carboxylic acids is 1. The van der Waals surface area contributed by atoms with E-state index in [2.05, 4.69) is 10.4 Å². The van der Waals surface area contributed by atoms with E-state index >= 15 is 0 Å². The van der Waals surface area contributed by atoms with Crippen molar-refractivity contribution in [3.05, 3.63) is 87.5 Å². The topological polar surface area (TPSA) is 73.2 Å². The Kier molecular flexibility index (Phi) is 6.15. The molecule has 0 unspecified atom stereocenters. The molecule has 1 amide bonds. The lowest BCUT2D eigenvalue weighted by molar-refractivity contribution is -0.115. The van der Waals surface area contributed by atoms with Gasteiger partial charge in [0.05, 0.1) is 10.9 Å². The van der Waals surface area contributed by atoms with Crippen molar-refractivity contribution in [3.8, 4) is 35.1 Å². The molecule has 4 rings (SSSR count). The van der Waals surface area contributed by atoms with E-state index in [0.717, 1.165) is 0 Å². The minimum absolute atomic E-state index is 0.121. The van der Waals surface area contributed by atoms with Gasteiger partial charge in [-0.15, -0.1) is 6.42 Å². The number of hydrogen-bond acceptors (Lipinski definition) is 4. The van der Waals surface area contributed by atoms with Crippen LogP contribution in [0.5, 0.6) is 11.5 Å². The van der Waals surface area contributed by atoms with Crippen molar-refractivity contribution >= 4 is 16.7 Å². The van der Waals surface area contributed by atoms with E-state index in [4.69, 9.17) is 11.2 Å². The average Bonchev–Trinajstić information content (AvgIpc) is 2.82. The van der Waals surface area contributed by atoms with Crippen LogP contribution in [0.3, 0.4) is 0 Å². The lowest BCUT2D eigenvalue weighted by atomic mass is 9.98. The number of nitrogens with one attached hydrogen (secondary N) is 1. The molecule has 170 valence electrons. The van der Waals surface area contributed by atoms with Crippen molar-refractivity contribution in [1.29, 1.82) is 0 Å². The molecule has 4 aromatic rings. The number of amides is 1. The van der Waals surface area contributed by atoms with Gasteiger partial charge in [0, 0.05) is 19.0 Å². The predicted octanol–water partition coefficient (Wildman–Crippen LogP) is 4.40. The van der Waals surface area contributed by atoms with Crippen LogP contribution in [0.25, 0.3) is 22.0 Å². The standard InChI is InChI=1S/C27H22FN3O3/c1-5-23(32)29-15-18-9-8-12-22(34-26-16(2)13-19(28)14-17(26)3)24(18)25-20-10-6-7-11-21(20)27(33)31(4)30-25/h1,6-14H,15H2,2-4H3,(H,29,32). The first-order valence-electron chi connectivity index (χ1n) is 10.6. The molecule has 0 aliphatic carbocycles. The summed E-state index contributed by atoms with van der Waals surface area (Å²) in [6.07, 6.45) is 5.21. The third-order valence-corrected chi connectivity index (χ3v) is 5.51. The monoisotopic (exact) mass is 455 g/mol. The van der Waals surface area contributed by atoms with E-state index in [9.17, 15) is 14.0 Å². The van der Waals surface area contributed by atoms with Crippen LogP contribution < -0.4 is 15.6 Å². The fourth-order valence-electron chi connectivity index (χ4n) is 3.96. The van der Waals surface area contributed by atoms with Gasteiger partial charge in [-0.25, -0.2) is 9.07 Å². The number of hydrogen-bond donors (Lipinski definition) is 1. The first-order valence-corrected chi connectivity index (χ1v) is 10.6. The fraction of sp³-hybridized carbons (Fsp3) is 0.148. The second-order valence-electron chi connectivity index (χ2n) is 7.91. The van der Waals surface area contributed by atoms with E-state index in [1.807, 2.05) is 24.1 Å². The van der Waals surface area contributed by atoms with Gasteiger partial charge in [-0.1, -0.05) is 30.3 Å². The summed E-state index contributed by atoms with van der Waals surface area (Å²) in [5.74, 6) is 2.10. The van der Waals surface area contributed by atoms with Gasteiger partial charge >= 0.3 is 0 Å². The quantitative estimate of drug-likeness (QED) is 0.453. The first kappa shape index (κ1) is 22.7. The minimum Gasteiger partial charge on any atom is -0.456 e. The van der Waals surface area contributed by atoms with Crippen molar-refractivity contribution in [1.82, 2.24) is 15.1 Å². The summed E-state index contributed by atoms with van der Waals surface area (Å²) in [5.41, 5.74) is 2.82. The van der Waals surface area contributed by atoms with Gasteiger partial charge in [-0.2, -0.15) is 5.10 Å². The Morgan fingerprint density at radius 2 is 1.79 bits per heavy atom. The van der Waals surface area contributed by atoms with Crippen LogP contribution in [-0.4, -0.2) is 15.7 Å². The summed E-state index contributed by atoms with van der Waals surface area (Å²) in [5, 5.41) is 8.36. The number of benzene rings is 3. The van der Waals surface area contributed by atoms with Crippen molar-refractivity contribution in [2.75, 3.05) is 0 Å². The third kappa shape index (κ3) is 4.26. The van der Waals surface area contributed by atoms with Gasteiger partial charge in [0.25, 0.3) is 11.5 Å². The largest absolute Gasteiger partial charge is 0.456 e. The van der Waals surface area contributed by atoms with Crippen molar-refractivity contribution in [2.24, 2.45) is 7.05 Å². The molecule has 7 heteroatoms. The zero-order valence-electron chi connectivity index (χ0n) is 19.0. The maximum Gasteiger partial charge on any atom is 0.295 e. The molecule has 3 aromatic carbocycles. The van der Waals surface area contributed by atoms with E-state index < -0.39 is 5.91 Å². The van der Waals surface area contributed by atoms with Crippen LogP contribution in [0.2, 0.25) is 0 Å². The maximum atomic E-state index is 13.9. The molecular formula is C27H22FN3O3. The molecule has 0 saturated heterocycles. The molecule has 1 aromatic heterocycles. The van der Waals surface area contributed by atoms with E-state index in [1.165, 1.54) is 16.8 Å². The number of terminal acetylenes is 1. The Morgan fingerprint density at radius 1 is 1.12 bits per heavy atom. The van der Waals surface area contributed by atoms with Gasteiger partial charge in [-0.05, 0) is 60.7 Å². The molecule has 1 heterocycles. The number of aromatic nitrogens is 2. The van der Waals surface area contributed by atoms with Crippen LogP contribution in [0.1, 0.15) is 16.7 Å². The first-order chi connectivity index (χ1) is 16.3. The number of aryl methyl sites for hydroxylation is 3. The summed E-state index contributed by atoms with van der Waals surface area (Å²) in [7, 11) is 1.58. The normalized spacial score (nSPS) is 10.7. The number of ether oxygens (including phenoxy) is 1. The van der Waals surface area contributed by atoms with E-state index in [0.29, 0.717) is 50.2 Å². The number of rotatable bonds is 5. The average molecular weight is 455 g/mol. The highest BCUT2D eigenvalue weighted by Gasteiger charge is 2.20. The molecule has 0 radical (unpaired) electrons. The molecule has 0 fully saturated rings. The Balaban J connectivity index is 1.98. The summed E-state index contributed by atoms with van der Waals surface area (Å²) in [6.45, 7) is 3.65. The second kappa shape index (κ2) is 9.20. The highest BCUT2D eigenvalue weighted by Crippen LogP contribution is 2.39. The van der Waals surface area contributed by atoms with Gasteiger partial charge in [0.1, 0.15) is 23.0 Å². The fourth-order valence-corrected chi connectivity index (χ4v) is 3.96. The lowest BCUT2D eigenvalue weighted by Gasteiger charge is -2.19. The Bertz CT molecular complexity index is 1510. The highest BCUT2D eigenvalue weighted by molar-refractivity contribution is 5.96. The van der Waals surface area contributed by atoms with Crippen LogP contribution in [-0.2, 0) is 18.4 Å². The number of carbonyl (C=O) groups is 1. The van der Waals surface area contributed by atoms with E-state index in [1.54, 1.807) is 45.2 Å². The van der Waals surface area contributed by atoms with Crippen LogP contribution in [0.4, 0.5) is 4.39 Å². The molecule has 0 atom stereocenters. The molecule has 0 aliphatic heterocycles. The summed E-state index contributed by atoms with van der Waals surface area (Å²) >= 11 is 0. The van der Waals surface area contributed by atoms with Gasteiger partial charge < -0.3 is 10.1 Å². The molecule has 0 spiro atoms. The molecule has 0 aliphatic rings. The highest BCUT2D eigenvalue weighted by atomic mass is 19.1. The van der Waals surface area contributed by atoms with Gasteiger partial charge in [0.15, 0.2) is 0 Å². The van der Waals surface area contributed by atoms with E-state index in [-0.39, 0.29) is 17.9 Å². The molecule has 34 heavy (non-hydrogen) atoms. The van der Waals surface area contributed by atoms with Crippen LogP contribution in [0.15, 0.2) is 59.4 Å². The maximum absolute atomic E-state index is 13.9. The number of halogens is 1. The van der Waals surface area contributed by atoms with Crippen molar-refractivity contribution < 1.29 is 13.9 Å². The number of nitrogens with zero attached hydrogens (tertiary/aromatic N) is 2. The smallest absolute Gasteiger partial charge is 0.295 e. The SMILES string of the molecule is C#CC(=O)NCc1cccc(Oc2c(C)cc(F)cc2C)c1-c1nn(C)c(=O)c2ccccc12. The number of fused-ring (bicyclic) bond motifs is 1. The lowest BCUT2D eigenvalue weighted by Crippen LogP contribution is -2.22. The second-order valence-corrected chi connectivity index (χ2v) is 7.91. The van der Waals surface area contributed by atoms with Crippen molar-refractivity contribution in [3.63, 3.8) is 0 Å². The zero-order valence-corrected chi connectivity index (χ0v) is 19.0. The molecule has 6 nitrogen and oxygen atoms in total. The summed E-state index contributed by atoms with van der Waals surface area (Å²) < 4.78 is 21.5. The van der Waals surface area contributed by atoms with Crippen molar-refractivity contribution in [2.45, 2.75) is 20.4 Å². The summed E-state index contributed by atoms with van der Waals surface area (Å²) in [4.78, 5) is 24.5. The molecular weight excluding hydrogens is 433 g/mol. The Hall–Kier alpha value is -4.44. The molecule has 0 bridgehead atoms. The third-order valence-electron chi connectivity index (χ3n) is 5.51. The van der Waals surface area contributed by atoms with Gasteiger partial charge in [0.2, 0.25) is 0 Å². The summed E-state index contributed by atoms with van der Waals surface area (Å²) in [6, 6.07) is 15.3. The molecule has 1 N–H and O–H groups in total. The van der Waals surface area contributed by atoms with Gasteiger partial charge in [-0.3, -0.25) is 9.59 Å². The molecule has 0 saturated carbocycles.